The Bertz CT molecular complexity index is 418. The number of carboxylic acids is 1. The highest BCUT2D eigenvalue weighted by Gasteiger charge is 2.42. The number of hydrogen-bond donors (Lipinski definition) is 1. The molecule has 1 rings (SSSR count). The van der Waals surface area contributed by atoms with Gasteiger partial charge in [0.15, 0.2) is 0 Å². The van der Waals surface area contributed by atoms with Crippen molar-refractivity contribution < 1.29 is 24.2 Å². The maximum Gasteiger partial charge on any atom is 0.416 e. The van der Waals surface area contributed by atoms with Crippen LogP contribution in [0.2, 0.25) is 0 Å². The lowest BCUT2D eigenvalue weighted by Gasteiger charge is -2.26. The molecule has 2 amide bonds. The van der Waals surface area contributed by atoms with Crippen LogP contribution in [0.4, 0.5) is 4.79 Å². The van der Waals surface area contributed by atoms with Gasteiger partial charge in [-0.05, 0) is 16.8 Å². The maximum absolute atomic E-state index is 12.4. The number of allylic oxidation sites excluding steroid dienone is 1. The second-order valence-electron chi connectivity index (χ2n) is 5.11. The second kappa shape index (κ2) is 6.88. The SMILES string of the molecule is C=C(Br)C[C@@H](CC(=O)O)C(=O)N1C(=O)OC[C@@H]1C(C)C. The minimum atomic E-state index is -1.09. The van der Waals surface area contributed by atoms with Crippen LogP contribution in [0.3, 0.4) is 0 Å². The van der Waals surface area contributed by atoms with Crippen LogP contribution in [0.5, 0.6) is 0 Å². The van der Waals surface area contributed by atoms with E-state index in [1.165, 1.54) is 0 Å². The molecular weight excluding hydrogens is 330 g/mol. The number of hydrogen-bond acceptors (Lipinski definition) is 4. The molecule has 0 unspecified atom stereocenters. The van der Waals surface area contributed by atoms with Crippen molar-refractivity contribution in [2.24, 2.45) is 11.8 Å². The quantitative estimate of drug-likeness (QED) is 0.797. The summed E-state index contributed by atoms with van der Waals surface area (Å²) >= 11 is 3.13. The average molecular weight is 348 g/mol. The highest BCUT2D eigenvalue weighted by atomic mass is 79.9. The Hall–Kier alpha value is -1.37. The van der Waals surface area contributed by atoms with Gasteiger partial charge in [-0.25, -0.2) is 9.69 Å². The largest absolute Gasteiger partial charge is 0.481 e. The van der Waals surface area contributed by atoms with Gasteiger partial charge in [-0.2, -0.15) is 0 Å². The Balaban J connectivity index is 2.94. The average Bonchev–Trinajstić information content (AvgIpc) is 2.68. The predicted octanol–water partition coefficient (Wildman–Crippen LogP) is 2.38. The van der Waals surface area contributed by atoms with Gasteiger partial charge < -0.3 is 9.84 Å². The molecule has 1 N–H and O–H groups in total. The number of carboxylic acid groups (broad SMARTS) is 1. The fourth-order valence-corrected chi connectivity index (χ4v) is 2.49. The number of aliphatic carboxylic acids is 1. The topological polar surface area (TPSA) is 83.9 Å². The molecule has 1 aliphatic heterocycles. The smallest absolute Gasteiger partial charge is 0.416 e. The first-order valence-electron chi connectivity index (χ1n) is 6.29. The zero-order valence-corrected chi connectivity index (χ0v) is 13.1. The minimum Gasteiger partial charge on any atom is -0.481 e. The standard InChI is InChI=1S/C13H18BrNO5/c1-7(2)10-6-20-13(19)15(10)12(18)9(4-8(3)14)5-11(16)17/h7,9-10H,3-6H2,1-2H3,(H,16,17)/t9-,10+/m0/s1. The first-order valence-corrected chi connectivity index (χ1v) is 7.08. The molecule has 0 radical (unpaired) electrons. The zero-order chi connectivity index (χ0) is 15.4. The van der Waals surface area contributed by atoms with Crippen LogP contribution < -0.4 is 0 Å². The molecule has 0 aliphatic carbocycles. The molecule has 7 heteroatoms. The predicted molar refractivity (Wildman–Crippen MR) is 75.2 cm³/mol. The summed E-state index contributed by atoms with van der Waals surface area (Å²) in [5.41, 5.74) is 0. The third-order valence-electron chi connectivity index (χ3n) is 3.15. The Kier molecular flexibility index (Phi) is 5.74. The lowest BCUT2D eigenvalue weighted by atomic mass is 9.97. The monoisotopic (exact) mass is 347 g/mol. The van der Waals surface area contributed by atoms with Crippen molar-refractivity contribution >= 4 is 33.9 Å². The molecule has 0 aromatic carbocycles. The van der Waals surface area contributed by atoms with Crippen molar-refractivity contribution in [2.45, 2.75) is 32.7 Å². The second-order valence-corrected chi connectivity index (χ2v) is 6.23. The Morgan fingerprint density at radius 2 is 2.10 bits per heavy atom. The summed E-state index contributed by atoms with van der Waals surface area (Å²) in [6.07, 6.45) is -0.887. The van der Waals surface area contributed by atoms with Crippen LogP contribution in [0.25, 0.3) is 0 Å². The summed E-state index contributed by atoms with van der Waals surface area (Å²) in [6, 6.07) is -0.352. The van der Waals surface area contributed by atoms with Gasteiger partial charge in [0.05, 0.1) is 18.4 Å². The number of imide groups is 1. The van der Waals surface area contributed by atoms with Crippen LogP contribution in [0, 0.1) is 11.8 Å². The molecule has 0 aromatic rings. The normalized spacial score (nSPS) is 19.9. The Labute approximate surface area is 125 Å². The third kappa shape index (κ3) is 4.06. The van der Waals surface area contributed by atoms with E-state index in [2.05, 4.69) is 22.5 Å². The van der Waals surface area contributed by atoms with E-state index >= 15 is 0 Å². The zero-order valence-electron chi connectivity index (χ0n) is 11.5. The number of nitrogens with zero attached hydrogens (tertiary/aromatic N) is 1. The van der Waals surface area contributed by atoms with Crippen LogP contribution in [-0.4, -0.2) is 40.6 Å². The molecule has 0 bridgehead atoms. The van der Waals surface area contributed by atoms with Crippen LogP contribution in [-0.2, 0) is 14.3 Å². The van der Waals surface area contributed by atoms with Gasteiger partial charge in [-0.3, -0.25) is 9.59 Å². The number of halogens is 1. The lowest BCUT2D eigenvalue weighted by Crippen LogP contribution is -2.45. The van der Waals surface area contributed by atoms with Gasteiger partial charge >= 0.3 is 12.1 Å². The van der Waals surface area contributed by atoms with Crippen LogP contribution in [0.1, 0.15) is 26.7 Å². The van der Waals surface area contributed by atoms with E-state index in [4.69, 9.17) is 9.84 Å². The number of ether oxygens (including phenoxy) is 1. The molecular formula is C13H18BrNO5. The van der Waals surface area contributed by atoms with Gasteiger partial charge in [0.2, 0.25) is 5.91 Å². The number of amides is 2. The molecule has 1 heterocycles. The van der Waals surface area contributed by atoms with Crippen molar-refractivity contribution in [2.75, 3.05) is 6.61 Å². The Morgan fingerprint density at radius 3 is 2.55 bits per heavy atom. The summed E-state index contributed by atoms with van der Waals surface area (Å²) in [5, 5.41) is 8.90. The van der Waals surface area contributed by atoms with E-state index in [-0.39, 0.29) is 31.4 Å². The van der Waals surface area contributed by atoms with Gasteiger partial charge in [0.25, 0.3) is 0 Å². The summed E-state index contributed by atoms with van der Waals surface area (Å²) in [4.78, 5) is 36.1. The number of rotatable bonds is 6. The van der Waals surface area contributed by atoms with Gasteiger partial charge in [-0.1, -0.05) is 36.4 Å². The van der Waals surface area contributed by atoms with Gasteiger partial charge in [0.1, 0.15) is 6.61 Å². The fraction of sp³-hybridized carbons (Fsp3) is 0.615. The third-order valence-corrected chi connectivity index (χ3v) is 3.47. The van der Waals surface area contributed by atoms with E-state index in [1.54, 1.807) is 0 Å². The van der Waals surface area contributed by atoms with E-state index < -0.39 is 23.9 Å². The molecule has 20 heavy (non-hydrogen) atoms. The lowest BCUT2D eigenvalue weighted by molar-refractivity contribution is -0.143. The highest BCUT2D eigenvalue weighted by Crippen LogP contribution is 2.26. The summed E-state index contributed by atoms with van der Waals surface area (Å²) in [5.74, 6) is -2.39. The van der Waals surface area contributed by atoms with E-state index in [9.17, 15) is 14.4 Å². The molecule has 0 spiro atoms. The molecule has 1 fully saturated rings. The molecule has 2 atom stereocenters. The van der Waals surface area contributed by atoms with Gasteiger partial charge in [0, 0.05) is 0 Å². The van der Waals surface area contributed by atoms with Crippen molar-refractivity contribution in [1.82, 2.24) is 4.90 Å². The number of carbonyl (C=O) groups excluding carboxylic acids is 2. The van der Waals surface area contributed by atoms with E-state index in [0.717, 1.165) is 4.90 Å². The highest BCUT2D eigenvalue weighted by molar-refractivity contribution is 9.11. The van der Waals surface area contributed by atoms with Crippen molar-refractivity contribution in [3.8, 4) is 0 Å². The molecule has 0 aromatic heterocycles. The van der Waals surface area contributed by atoms with E-state index in [1.807, 2.05) is 13.8 Å². The molecule has 1 aliphatic rings. The van der Waals surface area contributed by atoms with Crippen LogP contribution >= 0.6 is 15.9 Å². The summed E-state index contributed by atoms with van der Waals surface area (Å²) < 4.78 is 5.42. The van der Waals surface area contributed by atoms with Crippen molar-refractivity contribution in [1.29, 1.82) is 0 Å². The maximum atomic E-state index is 12.4. The molecule has 112 valence electrons. The fourth-order valence-electron chi connectivity index (χ4n) is 2.10. The molecule has 0 saturated carbocycles. The van der Waals surface area contributed by atoms with Crippen molar-refractivity contribution in [3.63, 3.8) is 0 Å². The molecule has 1 saturated heterocycles. The van der Waals surface area contributed by atoms with Crippen LogP contribution in [0.15, 0.2) is 11.1 Å². The first kappa shape index (κ1) is 16.7. The van der Waals surface area contributed by atoms with Gasteiger partial charge in [-0.15, -0.1) is 0 Å². The van der Waals surface area contributed by atoms with Crippen molar-refractivity contribution in [3.05, 3.63) is 11.1 Å². The Morgan fingerprint density at radius 1 is 1.50 bits per heavy atom. The summed E-state index contributed by atoms with van der Waals surface area (Å²) in [6.45, 7) is 7.53. The number of cyclic esters (lactones) is 1. The minimum absolute atomic E-state index is 0.0445. The number of carbonyl (C=O) groups is 3. The first-order chi connectivity index (χ1) is 9.23. The summed E-state index contributed by atoms with van der Waals surface area (Å²) in [7, 11) is 0. The molecule has 6 nitrogen and oxygen atoms in total. The van der Waals surface area contributed by atoms with E-state index in [0.29, 0.717) is 4.48 Å².